The average Bonchev–Trinajstić information content (AvgIpc) is 2.79. The second-order valence-corrected chi connectivity index (χ2v) is 7.84. The zero-order valence-electron chi connectivity index (χ0n) is 14.3. The molecule has 1 saturated carbocycles. The number of rotatable bonds is 5. The van der Waals surface area contributed by atoms with Crippen LogP contribution in [0.3, 0.4) is 0 Å². The fraction of sp³-hybridized carbons (Fsp3) is 0.556. The molecule has 5 nitrogen and oxygen atoms in total. The molecule has 2 N–H and O–H groups in total. The van der Waals surface area contributed by atoms with E-state index in [-0.39, 0.29) is 18.5 Å². The van der Waals surface area contributed by atoms with Crippen LogP contribution >= 0.6 is 23.2 Å². The molecule has 1 aromatic carbocycles. The molecule has 2 aliphatic rings. The standard InChI is InChI=1S/C18H23Cl2N3O2/c1-23-16(24)18(22-17(23)21,10-12-5-3-2-4-6-12)11-25-15-8-7-13(19)9-14(15)20/h7-9,12H,2-6,10-11H2,1H3,(H2,21,22). The summed E-state index contributed by atoms with van der Waals surface area (Å²) in [6, 6.07) is 5.02. The van der Waals surface area contributed by atoms with Gasteiger partial charge in [0.05, 0.1) is 5.02 Å². The minimum atomic E-state index is -0.906. The Bertz CT molecular complexity index is 676. The molecular formula is C18H23Cl2N3O2. The number of hydrogen-bond donors (Lipinski definition) is 2. The van der Waals surface area contributed by atoms with Gasteiger partial charge in [0.2, 0.25) is 0 Å². The molecule has 1 amide bonds. The fourth-order valence-electron chi connectivity index (χ4n) is 3.76. The number of hydrogen-bond acceptors (Lipinski definition) is 3. The first kappa shape index (κ1) is 18.3. The van der Waals surface area contributed by atoms with Crippen molar-refractivity contribution in [2.75, 3.05) is 13.7 Å². The number of amides is 1. The summed E-state index contributed by atoms with van der Waals surface area (Å²) in [5, 5.41) is 12.0. The van der Waals surface area contributed by atoms with Crippen LogP contribution in [0.4, 0.5) is 0 Å². The van der Waals surface area contributed by atoms with Crippen LogP contribution in [-0.2, 0) is 4.79 Å². The first-order chi connectivity index (χ1) is 11.9. The number of guanidine groups is 1. The highest BCUT2D eigenvalue weighted by atomic mass is 35.5. The number of nitrogens with zero attached hydrogens (tertiary/aromatic N) is 1. The second kappa shape index (κ2) is 7.42. The summed E-state index contributed by atoms with van der Waals surface area (Å²) in [5.41, 5.74) is -0.906. The number of carbonyl (C=O) groups excluding carboxylic acids is 1. The molecule has 7 heteroatoms. The Labute approximate surface area is 158 Å². The third kappa shape index (κ3) is 3.87. The maximum absolute atomic E-state index is 12.9. The van der Waals surface area contributed by atoms with Gasteiger partial charge in [-0.05, 0) is 30.5 Å². The summed E-state index contributed by atoms with van der Waals surface area (Å²) in [5.74, 6) is 0.957. The average molecular weight is 384 g/mol. The lowest BCUT2D eigenvalue weighted by atomic mass is 9.79. The van der Waals surface area contributed by atoms with Crippen molar-refractivity contribution >= 4 is 35.1 Å². The van der Waals surface area contributed by atoms with Crippen LogP contribution in [0.2, 0.25) is 10.0 Å². The predicted molar refractivity (Wildman–Crippen MR) is 99.5 cm³/mol. The van der Waals surface area contributed by atoms with Gasteiger partial charge < -0.3 is 10.1 Å². The van der Waals surface area contributed by atoms with Crippen molar-refractivity contribution in [2.24, 2.45) is 5.92 Å². The summed E-state index contributed by atoms with van der Waals surface area (Å²) in [7, 11) is 1.62. The summed E-state index contributed by atoms with van der Waals surface area (Å²) in [6.45, 7) is 0.135. The van der Waals surface area contributed by atoms with Crippen LogP contribution in [0.1, 0.15) is 38.5 Å². The molecule has 1 atom stereocenters. The molecule has 0 aromatic heterocycles. The van der Waals surface area contributed by atoms with Gasteiger partial charge >= 0.3 is 0 Å². The van der Waals surface area contributed by atoms with Crippen LogP contribution in [0.15, 0.2) is 18.2 Å². The van der Waals surface area contributed by atoms with E-state index < -0.39 is 5.54 Å². The monoisotopic (exact) mass is 383 g/mol. The molecule has 1 aromatic rings. The van der Waals surface area contributed by atoms with Crippen molar-refractivity contribution in [2.45, 2.75) is 44.1 Å². The van der Waals surface area contributed by atoms with Crippen LogP contribution in [-0.4, -0.2) is 36.0 Å². The van der Waals surface area contributed by atoms with Gasteiger partial charge in [-0.25, -0.2) is 0 Å². The summed E-state index contributed by atoms with van der Waals surface area (Å²) >= 11 is 12.1. The maximum Gasteiger partial charge on any atom is 0.258 e. The van der Waals surface area contributed by atoms with E-state index >= 15 is 0 Å². The van der Waals surface area contributed by atoms with Gasteiger partial charge in [0, 0.05) is 12.1 Å². The predicted octanol–water partition coefficient (Wildman–Crippen LogP) is 4.08. The second-order valence-electron chi connectivity index (χ2n) is 6.99. The van der Waals surface area contributed by atoms with Crippen molar-refractivity contribution in [3.05, 3.63) is 28.2 Å². The van der Waals surface area contributed by atoms with E-state index in [0.29, 0.717) is 28.1 Å². The molecule has 3 rings (SSSR count). The van der Waals surface area contributed by atoms with Gasteiger partial charge in [-0.1, -0.05) is 55.3 Å². The fourth-order valence-corrected chi connectivity index (χ4v) is 4.22. The third-order valence-corrected chi connectivity index (χ3v) is 5.67. The van der Waals surface area contributed by atoms with E-state index in [0.717, 1.165) is 12.8 Å². The lowest BCUT2D eigenvalue weighted by Gasteiger charge is -2.32. The molecule has 0 bridgehead atoms. The van der Waals surface area contributed by atoms with Gasteiger partial charge in [-0.2, -0.15) is 0 Å². The normalized spacial score (nSPS) is 24.5. The third-order valence-electron chi connectivity index (χ3n) is 5.14. The Morgan fingerprint density at radius 1 is 1.32 bits per heavy atom. The van der Waals surface area contributed by atoms with E-state index in [9.17, 15) is 4.79 Å². The number of benzene rings is 1. The first-order valence-corrected chi connectivity index (χ1v) is 9.40. The van der Waals surface area contributed by atoms with Crippen molar-refractivity contribution in [1.82, 2.24) is 10.2 Å². The first-order valence-electron chi connectivity index (χ1n) is 8.64. The molecule has 1 heterocycles. The lowest BCUT2D eigenvalue weighted by Crippen LogP contribution is -2.53. The Morgan fingerprint density at radius 2 is 2.04 bits per heavy atom. The quantitative estimate of drug-likeness (QED) is 0.804. The van der Waals surface area contributed by atoms with Crippen LogP contribution in [0.25, 0.3) is 0 Å². The molecule has 0 spiro atoms. The van der Waals surface area contributed by atoms with E-state index in [2.05, 4.69) is 5.32 Å². The lowest BCUT2D eigenvalue weighted by molar-refractivity contribution is -0.132. The van der Waals surface area contributed by atoms with Crippen molar-refractivity contribution in [3.8, 4) is 5.75 Å². The van der Waals surface area contributed by atoms with Gasteiger partial charge in [-0.15, -0.1) is 0 Å². The van der Waals surface area contributed by atoms with Crippen molar-refractivity contribution in [1.29, 1.82) is 5.41 Å². The Hall–Kier alpha value is -1.46. The molecular weight excluding hydrogens is 361 g/mol. The summed E-state index contributed by atoms with van der Waals surface area (Å²) in [4.78, 5) is 14.2. The highest BCUT2D eigenvalue weighted by Crippen LogP contribution is 2.35. The van der Waals surface area contributed by atoms with E-state index in [1.54, 1.807) is 25.2 Å². The molecule has 0 radical (unpaired) electrons. The Balaban J connectivity index is 1.79. The highest BCUT2D eigenvalue weighted by Gasteiger charge is 2.50. The zero-order valence-corrected chi connectivity index (χ0v) is 15.8. The molecule has 1 unspecified atom stereocenters. The SMILES string of the molecule is CN1C(=N)NC(COc2ccc(Cl)cc2Cl)(CC2CCCCC2)C1=O. The molecule has 1 aliphatic heterocycles. The number of halogens is 2. The van der Waals surface area contributed by atoms with Crippen molar-refractivity contribution in [3.63, 3.8) is 0 Å². The molecule has 2 fully saturated rings. The summed E-state index contributed by atoms with van der Waals surface area (Å²) in [6.07, 6.45) is 6.57. The van der Waals surface area contributed by atoms with Crippen LogP contribution < -0.4 is 10.1 Å². The molecule has 25 heavy (non-hydrogen) atoms. The van der Waals surface area contributed by atoms with E-state index in [1.165, 1.54) is 24.2 Å². The van der Waals surface area contributed by atoms with Crippen LogP contribution in [0, 0.1) is 11.3 Å². The zero-order chi connectivity index (χ0) is 18.0. The largest absolute Gasteiger partial charge is 0.489 e. The summed E-state index contributed by atoms with van der Waals surface area (Å²) < 4.78 is 5.89. The Kier molecular flexibility index (Phi) is 5.44. The topological polar surface area (TPSA) is 65.4 Å². The number of nitrogens with one attached hydrogen (secondary N) is 2. The molecule has 1 aliphatic carbocycles. The van der Waals surface area contributed by atoms with E-state index in [1.807, 2.05) is 0 Å². The number of ether oxygens (including phenoxy) is 1. The smallest absolute Gasteiger partial charge is 0.258 e. The minimum Gasteiger partial charge on any atom is -0.489 e. The minimum absolute atomic E-state index is 0.117. The van der Waals surface area contributed by atoms with Gasteiger partial charge in [-0.3, -0.25) is 15.1 Å². The number of carbonyl (C=O) groups is 1. The van der Waals surface area contributed by atoms with E-state index in [4.69, 9.17) is 33.3 Å². The van der Waals surface area contributed by atoms with Gasteiger partial charge in [0.15, 0.2) is 11.5 Å². The van der Waals surface area contributed by atoms with Crippen LogP contribution in [0.5, 0.6) is 5.75 Å². The molecule has 136 valence electrons. The maximum atomic E-state index is 12.9. The Morgan fingerprint density at radius 3 is 2.64 bits per heavy atom. The van der Waals surface area contributed by atoms with Gasteiger partial charge in [0.25, 0.3) is 5.91 Å². The van der Waals surface area contributed by atoms with Crippen molar-refractivity contribution < 1.29 is 9.53 Å². The number of likely N-dealkylation sites (N-methyl/N-ethyl adjacent to an activating group) is 1. The highest BCUT2D eigenvalue weighted by molar-refractivity contribution is 6.35. The van der Waals surface area contributed by atoms with Gasteiger partial charge in [0.1, 0.15) is 12.4 Å². The molecule has 1 saturated heterocycles.